The van der Waals surface area contributed by atoms with E-state index in [4.69, 9.17) is 17.3 Å². The van der Waals surface area contributed by atoms with Gasteiger partial charge in [0.25, 0.3) is 0 Å². The molecule has 0 radical (unpaired) electrons. The molecule has 1 heterocycles. The molecular weight excluding hydrogens is 270 g/mol. The second-order valence-corrected chi connectivity index (χ2v) is 6.23. The fourth-order valence-corrected chi connectivity index (χ4v) is 3.97. The van der Waals surface area contributed by atoms with Gasteiger partial charge in [0.2, 0.25) is 5.95 Å². The minimum Gasteiger partial charge on any atom is -0.369 e. The highest BCUT2D eigenvalue weighted by molar-refractivity contribution is 6.35. The predicted molar refractivity (Wildman–Crippen MR) is 85.1 cm³/mol. The molecule has 3 rings (SSSR count). The van der Waals surface area contributed by atoms with Crippen LogP contribution in [0.15, 0.2) is 18.2 Å². The lowest BCUT2D eigenvalue weighted by atomic mass is 9.82. The van der Waals surface area contributed by atoms with Gasteiger partial charge in [-0.25, -0.2) is 4.98 Å². The smallest absolute Gasteiger partial charge is 0.201 e. The van der Waals surface area contributed by atoms with Crippen LogP contribution in [-0.4, -0.2) is 9.55 Å². The number of anilines is 1. The average molecular weight is 292 g/mol. The van der Waals surface area contributed by atoms with Crippen LogP contribution in [0.4, 0.5) is 5.95 Å². The highest BCUT2D eigenvalue weighted by atomic mass is 35.5. The number of nitrogen functional groups attached to an aromatic ring is 1. The van der Waals surface area contributed by atoms with Crippen LogP contribution in [0, 0.1) is 5.92 Å². The Morgan fingerprint density at radius 3 is 2.80 bits per heavy atom. The highest BCUT2D eigenvalue weighted by Crippen LogP contribution is 2.39. The molecule has 3 nitrogen and oxygen atoms in total. The van der Waals surface area contributed by atoms with E-state index in [9.17, 15) is 0 Å². The Kier molecular flexibility index (Phi) is 3.88. The first-order chi connectivity index (χ1) is 9.72. The van der Waals surface area contributed by atoms with E-state index in [0.717, 1.165) is 22.5 Å². The van der Waals surface area contributed by atoms with Crippen LogP contribution in [0.2, 0.25) is 5.02 Å². The zero-order valence-corrected chi connectivity index (χ0v) is 12.7. The zero-order valence-electron chi connectivity index (χ0n) is 12.0. The topological polar surface area (TPSA) is 43.8 Å². The number of fused-ring (bicyclic) bond motifs is 1. The van der Waals surface area contributed by atoms with Crippen LogP contribution >= 0.6 is 11.6 Å². The summed E-state index contributed by atoms with van der Waals surface area (Å²) >= 11 is 6.40. The standard InChI is InChI=1S/C16H22ClN3/c1-2-14(11-7-4-3-5-8-11)20-15-12(17)9-6-10-13(15)19-16(20)18/h6,9-11,14H,2-5,7-8H2,1H3,(H2,18,19). The number of para-hydroxylation sites is 1. The Labute approximate surface area is 125 Å². The molecule has 0 amide bonds. The summed E-state index contributed by atoms with van der Waals surface area (Å²) in [6.07, 6.45) is 7.70. The van der Waals surface area contributed by atoms with Gasteiger partial charge in [-0.15, -0.1) is 0 Å². The van der Waals surface area contributed by atoms with Gasteiger partial charge in [-0.3, -0.25) is 0 Å². The molecule has 2 aromatic rings. The number of nitrogens with zero attached hydrogens (tertiary/aromatic N) is 2. The van der Waals surface area contributed by atoms with Crippen LogP contribution in [0.25, 0.3) is 11.0 Å². The molecule has 1 atom stereocenters. The fourth-order valence-electron chi connectivity index (χ4n) is 3.71. The molecule has 4 heteroatoms. The van der Waals surface area contributed by atoms with E-state index in [-0.39, 0.29) is 0 Å². The molecule has 20 heavy (non-hydrogen) atoms. The van der Waals surface area contributed by atoms with Crippen LogP contribution in [0.5, 0.6) is 0 Å². The molecule has 1 aliphatic carbocycles. The first-order valence-corrected chi connectivity index (χ1v) is 8.02. The lowest BCUT2D eigenvalue weighted by molar-refractivity contribution is 0.249. The SMILES string of the molecule is CCC(C1CCCCC1)n1c(N)nc2cccc(Cl)c21. The molecule has 2 N–H and O–H groups in total. The van der Waals surface area contributed by atoms with E-state index < -0.39 is 0 Å². The molecule has 1 aromatic carbocycles. The quantitative estimate of drug-likeness (QED) is 0.882. The lowest BCUT2D eigenvalue weighted by Crippen LogP contribution is -2.22. The van der Waals surface area contributed by atoms with Gasteiger partial charge in [0, 0.05) is 6.04 Å². The second kappa shape index (κ2) is 5.65. The van der Waals surface area contributed by atoms with Crippen molar-refractivity contribution < 1.29 is 0 Å². The number of aromatic nitrogens is 2. The van der Waals surface area contributed by atoms with E-state index in [1.807, 2.05) is 18.2 Å². The number of halogens is 1. The zero-order chi connectivity index (χ0) is 14.1. The number of hydrogen-bond donors (Lipinski definition) is 1. The summed E-state index contributed by atoms with van der Waals surface area (Å²) in [6.45, 7) is 2.24. The summed E-state index contributed by atoms with van der Waals surface area (Å²) in [5, 5.41) is 0.751. The maximum Gasteiger partial charge on any atom is 0.201 e. The third-order valence-corrected chi connectivity index (χ3v) is 4.94. The van der Waals surface area contributed by atoms with Crippen molar-refractivity contribution in [3.63, 3.8) is 0 Å². The molecule has 1 aromatic heterocycles. The Morgan fingerprint density at radius 1 is 1.35 bits per heavy atom. The van der Waals surface area contributed by atoms with Crippen molar-refractivity contribution in [2.75, 3.05) is 5.73 Å². The van der Waals surface area contributed by atoms with Crippen LogP contribution in [0.1, 0.15) is 51.5 Å². The number of hydrogen-bond acceptors (Lipinski definition) is 2. The number of imidazole rings is 1. The van der Waals surface area contributed by atoms with E-state index in [1.165, 1.54) is 32.1 Å². The summed E-state index contributed by atoms with van der Waals surface area (Å²) in [4.78, 5) is 4.49. The van der Waals surface area contributed by atoms with E-state index in [0.29, 0.717) is 17.9 Å². The predicted octanol–water partition coefficient (Wildman–Crippen LogP) is 4.80. The molecule has 0 aliphatic heterocycles. The molecule has 0 bridgehead atoms. The third kappa shape index (κ3) is 2.28. The molecule has 0 spiro atoms. The monoisotopic (exact) mass is 291 g/mol. The molecule has 108 valence electrons. The van der Waals surface area contributed by atoms with Gasteiger partial charge in [-0.1, -0.05) is 43.9 Å². The van der Waals surface area contributed by atoms with Crippen LogP contribution in [0.3, 0.4) is 0 Å². The number of rotatable bonds is 3. The first-order valence-electron chi connectivity index (χ1n) is 7.64. The van der Waals surface area contributed by atoms with Crippen molar-refractivity contribution in [1.29, 1.82) is 0 Å². The van der Waals surface area contributed by atoms with Gasteiger partial charge in [0.1, 0.15) is 0 Å². The van der Waals surface area contributed by atoms with Gasteiger partial charge in [0.05, 0.1) is 16.1 Å². The van der Waals surface area contributed by atoms with Gasteiger partial charge in [-0.05, 0) is 37.3 Å². The van der Waals surface area contributed by atoms with Gasteiger partial charge < -0.3 is 10.3 Å². The minimum atomic E-state index is 0.417. The molecule has 0 saturated heterocycles. The van der Waals surface area contributed by atoms with Gasteiger partial charge in [0.15, 0.2) is 0 Å². The van der Waals surface area contributed by atoms with E-state index in [1.54, 1.807) is 0 Å². The minimum absolute atomic E-state index is 0.417. The van der Waals surface area contributed by atoms with Crippen molar-refractivity contribution in [3.8, 4) is 0 Å². The maximum atomic E-state index is 6.40. The Morgan fingerprint density at radius 2 is 2.10 bits per heavy atom. The summed E-state index contributed by atoms with van der Waals surface area (Å²) in [7, 11) is 0. The lowest BCUT2D eigenvalue weighted by Gasteiger charge is -2.31. The van der Waals surface area contributed by atoms with Crippen LogP contribution in [-0.2, 0) is 0 Å². The second-order valence-electron chi connectivity index (χ2n) is 5.82. The maximum absolute atomic E-state index is 6.40. The number of benzene rings is 1. The van der Waals surface area contributed by atoms with Crippen molar-refractivity contribution in [2.24, 2.45) is 5.92 Å². The Balaban J connectivity index is 2.08. The van der Waals surface area contributed by atoms with Crippen molar-refractivity contribution in [1.82, 2.24) is 9.55 Å². The molecule has 1 saturated carbocycles. The average Bonchev–Trinajstić information content (AvgIpc) is 2.79. The van der Waals surface area contributed by atoms with Crippen molar-refractivity contribution in [2.45, 2.75) is 51.5 Å². The number of nitrogens with two attached hydrogens (primary N) is 1. The third-order valence-electron chi connectivity index (χ3n) is 4.63. The Hall–Kier alpha value is -1.22. The fraction of sp³-hybridized carbons (Fsp3) is 0.562. The summed E-state index contributed by atoms with van der Waals surface area (Å²) in [5.41, 5.74) is 8.11. The van der Waals surface area contributed by atoms with Crippen LogP contribution < -0.4 is 5.73 Å². The highest BCUT2D eigenvalue weighted by Gasteiger charge is 2.27. The van der Waals surface area contributed by atoms with E-state index in [2.05, 4.69) is 16.5 Å². The molecule has 1 aliphatic rings. The van der Waals surface area contributed by atoms with Crippen molar-refractivity contribution in [3.05, 3.63) is 23.2 Å². The summed E-state index contributed by atoms with van der Waals surface area (Å²) in [6, 6.07) is 6.26. The molecular formula is C16H22ClN3. The van der Waals surface area contributed by atoms with Gasteiger partial charge >= 0.3 is 0 Å². The first kappa shape index (κ1) is 13.7. The molecule has 1 fully saturated rings. The Bertz CT molecular complexity index is 599. The largest absolute Gasteiger partial charge is 0.369 e. The van der Waals surface area contributed by atoms with E-state index >= 15 is 0 Å². The summed E-state index contributed by atoms with van der Waals surface area (Å²) < 4.78 is 2.19. The molecule has 1 unspecified atom stereocenters. The van der Waals surface area contributed by atoms with Gasteiger partial charge in [-0.2, -0.15) is 0 Å². The van der Waals surface area contributed by atoms with Crippen molar-refractivity contribution >= 4 is 28.6 Å². The summed E-state index contributed by atoms with van der Waals surface area (Å²) in [5.74, 6) is 1.30. The normalized spacial score (nSPS) is 18.5.